The van der Waals surface area contributed by atoms with Crippen LogP contribution in [-0.2, 0) is 6.42 Å². The summed E-state index contributed by atoms with van der Waals surface area (Å²) in [6, 6.07) is 17.2. The molecule has 1 aliphatic rings. The molecule has 0 amide bonds. The Morgan fingerprint density at radius 1 is 1.07 bits per heavy atom. The number of rotatable bonds is 5. The van der Waals surface area contributed by atoms with Gasteiger partial charge in [0.25, 0.3) is 0 Å². The summed E-state index contributed by atoms with van der Waals surface area (Å²) in [5.41, 5.74) is 3.07. The molecule has 6 heteroatoms. The van der Waals surface area contributed by atoms with Crippen molar-refractivity contribution < 1.29 is 0 Å². The topological polar surface area (TPSA) is 59.0 Å². The number of H-pyrrole nitrogens is 1. The summed E-state index contributed by atoms with van der Waals surface area (Å²) >= 11 is 1.60. The molecule has 146 valence electrons. The summed E-state index contributed by atoms with van der Waals surface area (Å²) in [4.78, 5) is 8.15. The number of aromatic amines is 1. The van der Waals surface area contributed by atoms with Crippen molar-refractivity contribution in [3.63, 3.8) is 0 Å². The Balaban J connectivity index is 1.15. The molecule has 0 spiro atoms. The number of fused-ring (bicyclic) bond motifs is 2. The largest absolute Gasteiger partial charge is 0.360 e. The highest BCUT2D eigenvalue weighted by atomic mass is 32.1. The normalized spacial score (nSPS) is 15.2. The number of hydrogen-bond donors (Lipinski definition) is 1. The van der Waals surface area contributed by atoms with Crippen molar-refractivity contribution in [3.05, 3.63) is 59.8 Å². The minimum atomic E-state index is 0.729. The van der Waals surface area contributed by atoms with Crippen LogP contribution in [0.3, 0.4) is 0 Å². The van der Waals surface area contributed by atoms with E-state index in [9.17, 15) is 5.26 Å². The van der Waals surface area contributed by atoms with Crippen LogP contribution in [0.1, 0.15) is 17.5 Å². The highest BCUT2D eigenvalue weighted by Crippen LogP contribution is 2.29. The zero-order valence-corrected chi connectivity index (χ0v) is 17.1. The lowest BCUT2D eigenvalue weighted by atomic mass is 10.1. The number of aromatic nitrogens is 2. The van der Waals surface area contributed by atoms with E-state index in [4.69, 9.17) is 4.37 Å². The molecular formula is C23H23N5S. The number of nitriles is 1. The van der Waals surface area contributed by atoms with E-state index in [2.05, 4.69) is 63.3 Å². The van der Waals surface area contributed by atoms with Crippen LogP contribution in [0, 0.1) is 11.3 Å². The molecule has 5 nitrogen and oxygen atoms in total. The highest BCUT2D eigenvalue weighted by molar-refractivity contribution is 7.13. The van der Waals surface area contributed by atoms with E-state index in [-0.39, 0.29) is 0 Å². The molecular weight excluding hydrogens is 378 g/mol. The Bertz CT molecular complexity index is 1180. The fourth-order valence-electron chi connectivity index (χ4n) is 4.21. The molecule has 0 aliphatic carbocycles. The van der Waals surface area contributed by atoms with E-state index in [0.29, 0.717) is 0 Å². The Kier molecular flexibility index (Phi) is 4.92. The van der Waals surface area contributed by atoms with Crippen LogP contribution in [0.15, 0.2) is 48.7 Å². The number of nitrogens with zero attached hydrogens (tertiary/aromatic N) is 4. The van der Waals surface area contributed by atoms with Gasteiger partial charge in [-0.05, 0) is 60.7 Å². The Labute approximate surface area is 174 Å². The van der Waals surface area contributed by atoms with Gasteiger partial charge in [0.2, 0.25) is 0 Å². The third-order valence-corrected chi connectivity index (χ3v) is 6.65. The van der Waals surface area contributed by atoms with Crippen LogP contribution in [0.2, 0.25) is 0 Å². The Hall–Kier alpha value is -2.88. The molecule has 3 heterocycles. The smallest absolute Gasteiger partial charge is 0.150 e. The van der Waals surface area contributed by atoms with Crippen LogP contribution in [0.5, 0.6) is 0 Å². The van der Waals surface area contributed by atoms with Crippen LogP contribution >= 0.6 is 11.5 Å². The zero-order chi connectivity index (χ0) is 19.6. The summed E-state index contributed by atoms with van der Waals surface area (Å²) in [5.74, 6) is 1.15. The maximum Gasteiger partial charge on any atom is 0.150 e. The number of aryl methyl sites for hydroxylation is 1. The molecule has 2 aromatic heterocycles. The van der Waals surface area contributed by atoms with E-state index in [1.807, 2.05) is 0 Å². The SMILES string of the molecule is N#Cc1c[nH]c2ccc(CCCN3CCN(c4nsc5ccccc45)CC3)cc12. The summed E-state index contributed by atoms with van der Waals surface area (Å²) in [7, 11) is 0. The lowest BCUT2D eigenvalue weighted by Gasteiger charge is -2.35. The second-order valence-electron chi connectivity index (χ2n) is 7.63. The lowest BCUT2D eigenvalue weighted by Crippen LogP contribution is -2.46. The molecule has 1 aliphatic heterocycles. The van der Waals surface area contributed by atoms with Gasteiger partial charge in [-0.2, -0.15) is 9.64 Å². The van der Waals surface area contributed by atoms with Crippen LogP contribution in [0.4, 0.5) is 5.82 Å². The van der Waals surface area contributed by atoms with Gasteiger partial charge in [0.1, 0.15) is 11.9 Å². The fraction of sp³-hybridized carbons (Fsp3) is 0.304. The van der Waals surface area contributed by atoms with Crippen molar-refractivity contribution in [1.82, 2.24) is 14.3 Å². The van der Waals surface area contributed by atoms with Crippen LogP contribution < -0.4 is 4.90 Å². The molecule has 0 unspecified atom stereocenters. The summed E-state index contributed by atoms with van der Waals surface area (Å²) < 4.78 is 5.97. The number of anilines is 1. The van der Waals surface area contributed by atoms with Gasteiger partial charge < -0.3 is 9.88 Å². The maximum absolute atomic E-state index is 9.23. The first-order valence-corrected chi connectivity index (χ1v) is 10.9. The average molecular weight is 402 g/mol. The number of benzene rings is 2. The molecule has 4 aromatic rings. The minimum absolute atomic E-state index is 0.729. The predicted octanol–water partition coefficient (Wildman–Crippen LogP) is 4.40. The second-order valence-corrected chi connectivity index (χ2v) is 8.43. The van der Waals surface area contributed by atoms with Gasteiger partial charge in [-0.3, -0.25) is 4.90 Å². The van der Waals surface area contributed by atoms with Crippen molar-refractivity contribution >= 4 is 38.3 Å². The van der Waals surface area contributed by atoms with Crippen molar-refractivity contribution in [2.45, 2.75) is 12.8 Å². The summed E-state index contributed by atoms with van der Waals surface area (Å²) in [5, 5.41) is 11.5. The van der Waals surface area contributed by atoms with E-state index < -0.39 is 0 Å². The van der Waals surface area contributed by atoms with Gasteiger partial charge in [0.15, 0.2) is 0 Å². The third-order valence-electron chi connectivity index (χ3n) is 5.84. The highest BCUT2D eigenvalue weighted by Gasteiger charge is 2.20. The Morgan fingerprint density at radius 3 is 2.79 bits per heavy atom. The molecule has 0 radical (unpaired) electrons. The molecule has 0 saturated carbocycles. The second kappa shape index (κ2) is 7.86. The van der Waals surface area contributed by atoms with Crippen molar-refractivity contribution in [2.75, 3.05) is 37.6 Å². The van der Waals surface area contributed by atoms with Gasteiger partial charge in [0, 0.05) is 48.7 Å². The minimum Gasteiger partial charge on any atom is -0.360 e. The molecule has 1 N–H and O–H groups in total. The van der Waals surface area contributed by atoms with E-state index in [0.717, 1.165) is 67.8 Å². The fourth-order valence-corrected chi connectivity index (χ4v) is 5.00. The van der Waals surface area contributed by atoms with Crippen LogP contribution in [-0.4, -0.2) is 47.0 Å². The lowest BCUT2D eigenvalue weighted by molar-refractivity contribution is 0.255. The molecule has 2 aromatic carbocycles. The number of nitrogens with one attached hydrogen (secondary N) is 1. The number of hydrogen-bond acceptors (Lipinski definition) is 5. The maximum atomic E-state index is 9.23. The quantitative estimate of drug-likeness (QED) is 0.538. The standard InChI is InChI=1S/C23H23N5S/c24-15-18-16-25-21-8-7-17(14-20(18)21)4-3-9-27-10-12-28(13-11-27)23-19-5-1-2-6-22(19)29-26-23/h1-2,5-8,14,16,25H,3-4,9-13H2. The van der Waals surface area contributed by atoms with Gasteiger partial charge in [0.05, 0.1) is 10.3 Å². The average Bonchev–Trinajstić information content (AvgIpc) is 3.38. The van der Waals surface area contributed by atoms with E-state index in [1.54, 1.807) is 17.7 Å². The molecule has 5 rings (SSSR count). The molecule has 29 heavy (non-hydrogen) atoms. The van der Waals surface area contributed by atoms with Gasteiger partial charge >= 0.3 is 0 Å². The Morgan fingerprint density at radius 2 is 1.93 bits per heavy atom. The van der Waals surface area contributed by atoms with E-state index >= 15 is 0 Å². The molecule has 1 saturated heterocycles. The summed E-state index contributed by atoms with van der Waals surface area (Å²) in [6.45, 7) is 5.35. The van der Waals surface area contributed by atoms with Gasteiger partial charge in [-0.25, -0.2) is 0 Å². The molecule has 0 atom stereocenters. The first kappa shape index (κ1) is 18.2. The predicted molar refractivity (Wildman–Crippen MR) is 120 cm³/mol. The first-order valence-electron chi connectivity index (χ1n) is 10.1. The van der Waals surface area contributed by atoms with Crippen molar-refractivity contribution in [2.24, 2.45) is 0 Å². The first-order chi connectivity index (χ1) is 14.3. The summed E-state index contributed by atoms with van der Waals surface area (Å²) in [6.07, 6.45) is 3.97. The van der Waals surface area contributed by atoms with E-state index in [1.165, 1.54) is 15.6 Å². The molecule has 0 bridgehead atoms. The molecule has 1 fully saturated rings. The number of piperazine rings is 1. The monoisotopic (exact) mass is 401 g/mol. The zero-order valence-electron chi connectivity index (χ0n) is 16.3. The third kappa shape index (κ3) is 3.59. The van der Waals surface area contributed by atoms with Gasteiger partial charge in [-0.1, -0.05) is 18.2 Å². The van der Waals surface area contributed by atoms with Crippen molar-refractivity contribution in [1.29, 1.82) is 5.26 Å². The van der Waals surface area contributed by atoms with Gasteiger partial charge in [-0.15, -0.1) is 0 Å². The van der Waals surface area contributed by atoms with Crippen molar-refractivity contribution in [3.8, 4) is 6.07 Å². The van der Waals surface area contributed by atoms with Crippen LogP contribution in [0.25, 0.3) is 21.0 Å².